The first kappa shape index (κ1) is 27.7. The van der Waals surface area contributed by atoms with Crippen molar-refractivity contribution in [3.63, 3.8) is 0 Å². The van der Waals surface area contributed by atoms with Gasteiger partial charge in [0.25, 0.3) is 0 Å². The maximum Gasteiger partial charge on any atom is 1.00 e. The summed E-state index contributed by atoms with van der Waals surface area (Å²) in [6, 6.07) is 0. The Labute approximate surface area is 192 Å². The van der Waals surface area contributed by atoms with Crippen molar-refractivity contribution in [1.29, 1.82) is 0 Å². The summed E-state index contributed by atoms with van der Waals surface area (Å²) in [4.78, 5) is 0. The van der Waals surface area contributed by atoms with Crippen LogP contribution in [0, 0.1) is 0 Å². The summed E-state index contributed by atoms with van der Waals surface area (Å²) in [5.41, 5.74) is 0. The Morgan fingerprint density at radius 3 is 1.46 bits per heavy atom. The summed E-state index contributed by atoms with van der Waals surface area (Å²) in [5.74, 6) is 0. The molecule has 0 aliphatic heterocycles. The van der Waals surface area contributed by atoms with Gasteiger partial charge < -0.3 is 9.66 Å². The van der Waals surface area contributed by atoms with Crippen LogP contribution in [0.25, 0.3) is 0 Å². The molecule has 0 saturated carbocycles. The number of rotatable bonds is 16. The van der Waals surface area contributed by atoms with E-state index >= 15 is 0 Å². The molecule has 0 aromatic rings. The smallest absolute Gasteiger partial charge is 0.748 e. The Bertz CT molecular complexity index is 360. The fourth-order valence-corrected chi connectivity index (χ4v) is 3.32. The van der Waals surface area contributed by atoms with Crippen molar-refractivity contribution in [2.24, 2.45) is 0 Å². The van der Waals surface area contributed by atoms with Crippen LogP contribution in [-0.4, -0.2) is 29.4 Å². The van der Waals surface area contributed by atoms with Crippen LogP contribution in [0.15, 0.2) is 0 Å². The Morgan fingerprint density at radius 2 is 1.12 bits per heavy atom. The third-order valence-electron chi connectivity index (χ3n) is 4.60. The molecule has 0 rings (SSSR count). The number of unbranched alkanes of at least 4 members (excludes halogenated alkanes) is 12. The molecule has 24 heavy (non-hydrogen) atoms. The average Bonchev–Trinajstić information content (AvgIpc) is 2.50. The summed E-state index contributed by atoms with van der Waals surface area (Å²) >= 11 is 0. The molecule has 0 heterocycles. The minimum Gasteiger partial charge on any atom is -0.748 e. The van der Waals surface area contributed by atoms with Gasteiger partial charge in [0.2, 0.25) is 0 Å². The molecule has 1 N–H and O–H groups in total. The molecule has 0 aromatic heterocycles. The molecule has 0 aliphatic carbocycles. The molecular formula is C18H37KO4S. The summed E-state index contributed by atoms with van der Waals surface area (Å²) in [7, 11) is -4.37. The predicted molar refractivity (Wildman–Crippen MR) is 95.5 cm³/mol. The fraction of sp³-hybridized carbons (Fsp3) is 1.00. The number of aliphatic hydroxyl groups is 1. The minimum atomic E-state index is -4.37. The zero-order chi connectivity index (χ0) is 17.6. The van der Waals surface area contributed by atoms with Crippen LogP contribution in [0.5, 0.6) is 0 Å². The second-order valence-corrected chi connectivity index (χ2v) is 8.53. The summed E-state index contributed by atoms with van der Waals surface area (Å²) in [6.07, 6.45) is 15.6. The van der Waals surface area contributed by atoms with E-state index in [-0.39, 0.29) is 51.4 Å². The topological polar surface area (TPSA) is 77.4 Å². The molecule has 0 amide bonds. The third-order valence-corrected chi connectivity index (χ3v) is 5.83. The molecule has 140 valence electrons. The second kappa shape index (κ2) is 17.9. The monoisotopic (exact) mass is 388 g/mol. The molecule has 2 unspecified atom stereocenters. The van der Waals surface area contributed by atoms with Crippen molar-refractivity contribution in [3.05, 3.63) is 0 Å². The number of hydrogen-bond acceptors (Lipinski definition) is 4. The quantitative estimate of drug-likeness (QED) is 0.248. The Kier molecular flexibility index (Phi) is 20.7. The Balaban J connectivity index is 0. The SMILES string of the molecule is CCCCCCCCCCCCCCCC(O)C(C)S(=O)(=O)[O-].[K+]. The maximum atomic E-state index is 10.8. The van der Waals surface area contributed by atoms with Crippen molar-refractivity contribution in [1.82, 2.24) is 0 Å². The van der Waals surface area contributed by atoms with Crippen molar-refractivity contribution in [2.75, 3.05) is 0 Å². The van der Waals surface area contributed by atoms with Crippen LogP contribution < -0.4 is 51.4 Å². The normalized spacial score (nSPS) is 14.2. The van der Waals surface area contributed by atoms with Gasteiger partial charge in [-0.25, -0.2) is 8.42 Å². The van der Waals surface area contributed by atoms with Gasteiger partial charge in [0, 0.05) is 0 Å². The fourth-order valence-electron chi connectivity index (χ4n) is 2.80. The van der Waals surface area contributed by atoms with Crippen LogP contribution in [0.1, 0.15) is 104 Å². The van der Waals surface area contributed by atoms with E-state index in [1.807, 2.05) is 0 Å². The van der Waals surface area contributed by atoms with Gasteiger partial charge in [0.15, 0.2) is 0 Å². The molecule has 6 heteroatoms. The third kappa shape index (κ3) is 16.9. The molecule has 0 saturated heterocycles. The molecule has 4 nitrogen and oxygen atoms in total. The Morgan fingerprint density at radius 1 is 0.792 bits per heavy atom. The largest absolute Gasteiger partial charge is 1.00 e. The first-order chi connectivity index (χ1) is 10.9. The average molecular weight is 389 g/mol. The van der Waals surface area contributed by atoms with Gasteiger partial charge in [0.05, 0.1) is 21.5 Å². The zero-order valence-corrected chi connectivity index (χ0v) is 20.1. The standard InChI is InChI=1S/C18H38O4S.K/c1-3-4-5-6-7-8-9-10-11-12-13-14-15-16-18(19)17(2)23(20,21)22;/h17-19H,3-16H2,1-2H3,(H,20,21,22);/q;+1/p-1. The van der Waals surface area contributed by atoms with E-state index in [4.69, 9.17) is 0 Å². The van der Waals surface area contributed by atoms with Crippen LogP contribution in [0.3, 0.4) is 0 Å². The van der Waals surface area contributed by atoms with Gasteiger partial charge in [-0.05, 0) is 13.3 Å². The van der Waals surface area contributed by atoms with Crippen molar-refractivity contribution < 1.29 is 69.5 Å². The first-order valence-electron chi connectivity index (χ1n) is 9.52. The molecule has 0 bridgehead atoms. The van der Waals surface area contributed by atoms with E-state index in [0.29, 0.717) is 6.42 Å². The van der Waals surface area contributed by atoms with Gasteiger partial charge in [-0.1, -0.05) is 90.4 Å². The summed E-state index contributed by atoms with van der Waals surface area (Å²) < 4.78 is 32.4. The molecular weight excluding hydrogens is 351 g/mol. The number of aliphatic hydroxyl groups excluding tert-OH is 1. The molecule has 0 spiro atoms. The van der Waals surface area contributed by atoms with Gasteiger partial charge in [-0.15, -0.1) is 0 Å². The van der Waals surface area contributed by atoms with Gasteiger partial charge in [-0.3, -0.25) is 0 Å². The summed E-state index contributed by atoms with van der Waals surface area (Å²) in [5, 5.41) is 8.46. The minimum absolute atomic E-state index is 0. The van der Waals surface area contributed by atoms with Gasteiger partial charge >= 0.3 is 51.4 Å². The van der Waals surface area contributed by atoms with Crippen molar-refractivity contribution in [2.45, 2.75) is 115 Å². The van der Waals surface area contributed by atoms with Crippen molar-refractivity contribution in [3.8, 4) is 0 Å². The number of hydrogen-bond donors (Lipinski definition) is 1. The Hall–Kier alpha value is 1.51. The molecule has 0 aromatic carbocycles. The zero-order valence-electron chi connectivity index (χ0n) is 16.1. The van der Waals surface area contributed by atoms with E-state index < -0.39 is 21.5 Å². The molecule has 2 atom stereocenters. The van der Waals surface area contributed by atoms with Crippen LogP contribution in [0.4, 0.5) is 0 Å². The van der Waals surface area contributed by atoms with E-state index in [1.165, 1.54) is 71.1 Å². The first-order valence-corrected chi connectivity index (χ1v) is 11.0. The molecule has 0 aliphatic rings. The molecule has 0 radical (unpaired) electrons. The van der Waals surface area contributed by atoms with E-state index in [2.05, 4.69) is 6.92 Å². The summed E-state index contributed by atoms with van der Waals surface area (Å²) in [6.45, 7) is 3.53. The predicted octanol–water partition coefficient (Wildman–Crippen LogP) is 1.77. The van der Waals surface area contributed by atoms with Gasteiger partial charge in [-0.2, -0.15) is 0 Å². The van der Waals surface area contributed by atoms with E-state index in [0.717, 1.165) is 19.3 Å². The molecule has 0 fully saturated rings. The van der Waals surface area contributed by atoms with Crippen molar-refractivity contribution >= 4 is 10.1 Å². The van der Waals surface area contributed by atoms with Crippen LogP contribution in [-0.2, 0) is 10.1 Å². The van der Waals surface area contributed by atoms with E-state index in [1.54, 1.807) is 0 Å². The second-order valence-electron chi connectivity index (χ2n) is 6.80. The van der Waals surface area contributed by atoms with Crippen LogP contribution in [0.2, 0.25) is 0 Å². The van der Waals surface area contributed by atoms with Gasteiger partial charge in [0.1, 0.15) is 0 Å². The maximum absolute atomic E-state index is 10.8. The van der Waals surface area contributed by atoms with E-state index in [9.17, 15) is 18.1 Å². The van der Waals surface area contributed by atoms with Crippen LogP contribution >= 0.6 is 0 Å².